The van der Waals surface area contributed by atoms with E-state index >= 15 is 0 Å². The minimum atomic E-state index is 0.0793. The van der Waals surface area contributed by atoms with E-state index in [1.54, 1.807) is 0 Å². The lowest BCUT2D eigenvalue weighted by molar-refractivity contribution is 1.24. The molecule has 0 unspecified atom stereocenters. The van der Waals surface area contributed by atoms with Gasteiger partial charge in [0.1, 0.15) is 5.84 Å². The Morgan fingerprint density at radius 3 is 2.47 bits per heavy atom. The highest BCUT2D eigenvalue weighted by Crippen LogP contribution is 2.27. The average molecular weight is 393 g/mol. The Morgan fingerprint density at radius 1 is 0.933 bits per heavy atom. The van der Waals surface area contributed by atoms with Crippen molar-refractivity contribution in [2.24, 2.45) is 5.73 Å². The Morgan fingerprint density at radius 2 is 1.70 bits per heavy atom. The lowest BCUT2D eigenvalue weighted by Crippen LogP contribution is -2.10. The van der Waals surface area contributed by atoms with Gasteiger partial charge in [-0.3, -0.25) is 5.41 Å². The number of H-pyrrole nitrogens is 1. The first-order chi connectivity index (χ1) is 14.5. The van der Waals surface area contributed by atoms with Crippen molar-refractivity contribution in [2.75, 3.05) is 0 Å². The van der Waals surface area contributed by atoms with Gasteiger partial charge in [0.25, 0.3) is 0 Å². The van der Waals surface area contributed by atoms with E-state index in [0.29, 0.717) is 5.71 Å². The summed E-state index contributed by atoms with van der Waals surface area (Å²) < 4.78 is 0. The van der Waals surface area contributed by atoms with Crippen LogP contribution in [0.25, 0.3) is 23.1 Å². The fourth-order valence-corrected chi connectivity index (χ4v) is 3.58. The first-order valence-corrected chi connectivity index (χ1v) is 9.87. The Hall–Kier alpha value is -3.92. The van der Waals surface area contributed by atoms with Crippen molar-refractivity contribution in [3.8, 4) is 0 Å². The highest BCUT2D eigenvalue weighted by atomic mass is 14.7. The lowest BCUT2D eigenvalue weighted by atomic mass is 10.0. The molecule has 1 aliphatic carbocycles. The molecule has 0 aliphatic heterocycles. The number of amidine groups is 1. The Bertz CT molecular complexity index is 1270. The van der Waals surface area contributed by atoms with Gasteiger partial charge in [-0.1, -0.05) is 48.6 Å². The number of fused-ring (bicyclic) bond motifs is 2. The van der Waals surface area contributed by atoms with Crippen molar-refractivity contribution in [1.29, 1.82) is 10.8 Å². The molecule has 4 heteroatoms. The number of aromatic nitrogens is 1. The van der Waals surface area contributed by atoms with Gasteiger partial charge in [0.2, 0.25) is 0 Å². The summed E-state index contributed by atoms with van der Waals surface area (Å²) in [6.45, 7) is 1.82. The molecule has 1 aromatic heterocycles. The molecule has 3 aromatic rings. The molecule has 30 heavy (non-hydrogen) atoms. The quantitative estimate of drug-likeness (QED) is 0.245. The Balaban J connectivity index is 1.38. The zero-order chi connectivity index (χ0) is 21.1. The Kier molecular flexibility index (Phi) is 5.31. The number of aromatic amines is 1. The van der Waals surface area contributed by atoms with Gasteiger partial charge in [-0.2, -0.15) is 0 Å². The number of hydrogen-bond acceptors (Lipinski definition) is 2. The summed E-state index contributed by atoms with van der Waals surface area (Å²) in [7, 11) is 0. The number of nitrogen functional groups attached to an aromatic ring is 1. The van der Waals surface area contributed by atoms with Crippen LogP contribution in [-0.4, -0.2) is 16.5 Å². The van der Waals surface area contributed by atoms with Crippen molar-refractivity contribution in [3.05, 3.63) is 106 Å². The fraction of sp³-hybridized carbons (Fsp3) is 0.0769. The van der Waals surface area contributed by atoms with Gasteiger partial charge < -0.3 is 16.1 Å². The van der Waals surface area contributed by atoms with Crippen LogP contribution in [0.15, 0.2) is 78.4 Å². The number of hydrogen-bond donors (Lipinski definition) is 4. The SMILES string of the molecule is CC(=N)c1ccc2c(c1)C=C(/C=C/C=C/C=C/c1cc3cc(C(=N)N)ccc3[nH]1)C2. The second kappa shape index (κ2) is 8.21. The number of nitrogens with one attached hydrogen (secondary N) is 3. The molecular weight excluding hydrogens is 368 g/mol. The molecule has 0 radical (unpaired) electrons. The summed E-state index contributed by atoms with van der Waals surface area (Å²) in [4.78, 5) is 3.35. The van der Waals surface area contributed by atoms with E-state index < -0.39 is 0 Å². The molecule has 0 atom stereocenters. The average Bonchev–Trinajstić information content (AvgIpc) is 3.32. The minimum absolute atomic E-state index is 0.0793. The molecule has 1 heterocycles. The highest BCUT2D eigenvalue weighted by molar-refractivity contribution is 5.99. The zero-order valence-corrected chi connectivity index (χ0v) is 16.9. The van der Waals surface area contributed by atoms with E-state index in [4.69, 9.17) is 16.6 Å². The minimum Gasteiger partial charge on any atom is -0.384 e. The molecule has 0 amide bonds. The van der Waals surface area contributed by atoms with Crippen molar-refractivity contribution >= 4 is 34.6 Å². The lowest BCUT2D eigenvalue weighted by Gasteiger charge is -2.02. The molecule has 4 rings (SSSR count). The van der Waals surface area contributed by atoms with Crippen LogP contribution in [0.2, 0.25) is 0 Å². The fourth-order valence-electron chi connectivity index (χ4n) is 3.58. The molecule has 1 aliphatic rings. The molecule has 0 spiro atoms. The first-order valence-electron chi connectivity index (χ1n) is 9.87. The third kappa shape index (κ3) is 4.23. The summed E-state index contributed by atoms with van der Waals surface area (Å²) in [6.07, 6.45) is 15.3. The summed E-state index contributed by atoms with van der Waals surface area (Å²) in [5.74, 6) is 0.0793. The van der Waals surface area contributed by atoms with E-state index in [1.807, 2.05) is 61.6 Å². The normalized spacial score (nSPS) is 13.6. The van der Waals surface area contributed by atoms with E-state index in [2.05, 4.69) is 35.3 Å². The standard InChI is InChI=1S/C26H24N4/c1-17(27)19-8-9-20-12-18(13-22(20)14-19)6-4-2-3-5-7-24-16-23-15-21(26(28)29)10-11-25(23)30-24/h2-11,13-16,27,30H,12H2,1H3,(H3,28,29)/b3-2+,6-4+,7-5+,27-17?. The van der Waals surface area contributed by atoms with E-state index in [0.717, 1.165) is 34.1 Å². The summed E-state index contributed by atoms with van der Waals surface area (Å²) in [5.41, 5.74) is 13.7. The highest BCUT2D eigenvalue weighted by Gasteiger charge is 2.11. The smallest absolute Gasteiger partial charge is 0.122 e. The van der Waals surface area contributed by atoms with E-state index in [9.17, 15) is 0 Å². The second-order valence-corrected chi connectivity index (χ2v) is 7.48. The largest absolute Gasteiger partial charge is 0.384 e. The predicted molar refractivity (Wildman–Crippen MR) is 127 cm³/mol. The predicted octanol–water partition coefficient (Wildman–Crippen LogP) is 5.61. The third-order valence-electron chi connectivity index (χ3n) is 5.19. The maximum Gasteiger partial charge on any atom is 0.122 e. The molecule has 0 bridgehead atoms. The zero-order valence-electron chi connectivity index (χ0n) is 16.9. The maximum absolute atomic E-state index is 7.78. The van der Waals surface area contributed by atoms with Crippen molar-refractivity contribution < 1.29 is 0 Å². The van der Waals surface area contributed by atoms with Gasteiger partial charge in [0, 0.05) is 27.9 Å². The van der Waals surface area contributed by atoms with Gasteiger partial charge >= 0.3 is 0 Å². The topological polar surface area (TPSA) is 89.5 Å². The van der Waals surface area contributed by atoms with E-state index in [-0.39, 0.29) is 5.84 Å². The van der Waals surface area contributed by atoms with Gasteiger partial charge in [-0.15, -0.1) is 0 Å². The van der Waals surface area contributed by atoms with Crippen LogP contribution in [-0.2, 0) is 6.42 Å². The van der Waals surface area contributed by atoms with Gasteiger partial charge in [-0.05, 0) is 72.0 Å². The van der Waals surface area contributed by atoms with Crippen LogP contribution < -0.4 is 5.73 Å². The van der Waals surface area contributed by atoms with Gasteiger partial charge in [0.05, 0.1) is 0 Å². The third-order valence-corrected chi connectivity index (χ3v) is 5.19. The van der Waals surface area contributed by atoms with Crippen LogP contribution in [0.5, 0.6) is 0 Å². The van der Waals surface area contributed by atoms with Crippen LogP contribution in [0.3, 0.4) is 0 Å². The number of benzene rings is 2. The number of nitrogens with two attached hydrogens (primary N) is 1. The maximum atomic E-state index is 7.78. The van der Waals surface area contributed by atoms with Crippen molar-refractivity contribution in [1.82, 2.24) is 4.98 Å². The van der Waals surface area contributed by atoms with Crippen molar-refractivity contribution in [2.45, 2.75) is 13.3 Å². The summed E-state index contributed by atoms with van der Waals surface area (Å²) in [6, 6.07) is 14.0. The first kappa shape index (κ1) is 19.4. The second-order valence-electron chi connectivity index (χ2n) is 7.48. The molecule has 5 N–H and O–H groups in total. The molecule has 2 aromatic carbocycles. The van der Waals surface area contributed by atoms with Crippen LogP contribution in [0, 0.1) is 10.8 Å². The molecule has 4 nitrogen and oxygen atoms in total. The molecule has 148 valence electrons. The van der Waals surface area contributed by atoms with Gasteiger partial charge in [-0.25, -0.2) is 0 Å². The molecule has 0 fully saturated rings. The molecule has 0 saturated heterocycles. The van der Waals surface area contributed by atoms with Crippen LogP contribution in [0.1, 0.15) is 34.9 Å². The Labute approximate surface area is 176 Å². The van der Waals surface area contributed by atoms with Crippen LogP contribution >= 0.6 is 0 Å². The van der Waals surface area contributed by atoms with Crippen molar-refractivity contribution in [3.63, 3.8) is 0 Å². The molecular formula is C26H24N4. The molecule has 0 saturated carbocycles. The monoisotopic (exact) mass is 392 g/mol. The van der Waals surface area contributed by atoms with E-state index in [1.165, 1.54) is 16.7 Å². The van der Waals surface area contributed by atoms with Crippen LogP contribution in [0.4, 0.5) is 0 Å². The number of allylic oxidation sites excluding steroid dienone is 6. The summed E-state index contributed by atoms with van der Waals surface area (Å²) in [5, 5.41) is 16.4. The summed E-state index contributed by atoms with van der Waals surface area (Å²) >= 11 is 0. The number of rotatable bonds is 6. The van der Waals surface area contributed by atoms with Gasteiger partial charge in [0.15, 0.2) is 0 Å².